The van der Waals surface area contributed by atoms with Crippen LogP contribution < -0.4 is 11.0 Å². The molecule has 0 amide bonds. The molecule has 0 aliphatic rings. The summed E-state index contributed by atoms with van der Waals surface area (Å²) in [7, 11) is 0. The topological polar surface area (TPSA) is 98.9 Å². The molecule has 0 radical (unpaired) electrons. The Morgan fingerprint density at radius 1 is 1.38 bits per heavy atom. The van der Waals surface area contributed by atoms with Crippen molar-refractivity contribution in [2.24, 2.45) is 0 Å². The van der Waals surface area contributed by atoms with Gasteiger partial charge in [-0.05, 0) is 24.6 Å². The van der Waals surface area contributed by atoms with E-state index in [0.717, 1.165) is 5.56 Å². The number of aromatic nitrogens is 4. The molecule has 104 valence electrons. The number of aromatic amines is 1. The van der Waals surface area contributed by atoms with E-state index in [1.54, 1.807) is 25.1 Å². The molecule has 0 fully saturated rings. The zero-order valence-corrected chi connectivity index (χ0v) is 11.3. The maximum Gasteiger partial charge on any atom is 0.349 e. The van der Waals surface area contributed by atoms with E-state index in [2.05, 4.69) is 26.6 Å². The van der Waals surface area contributed by atoms with Gasteiger partial charge in [0.15, 0.2) is 5.65 Å². The summed E-state index contributed by atoms with van der Waals surface area (Å²) in [6.45, 7) is 2.32. The first-order valence-corrected chi connectivity index (χ1v) is 6.35. The molecule has 0 unspecified atom stereocenters. The lowest BCUT2D eigenvalue weighted by atomic mass is 10.1. The second-order valence-electron chi connectivity index (χ2n) is 4.57. The van der Waals surface area contributed by atoms with Crippen LogP contribution in [0.15, 0.2) is 35.1 Å². The lowest BCUT2D eigenvalue weighted by molar-refractivity contribution is 0.931. The van der Waals surface area contributed by atoms with Crippen LogP contribution >= 0.6 is 0 Å². The molecule has 0 aliphatic heterocycles. The van der Waals surface area contributed by atoms with E-state index < -0.39 is 0 Å². The first-order valence-electron chi connectivity index (χ1n) is 6.35. The smallest absolute Gasteiger partial charge is 0.349 e. The maximum atomic E-state index is 11.5. The number of hydrogen-bond donors (Lipinski definition) is 2. The molecule has 0 saturated heterocycles. The third-order valence-electron chi connectivity index (χ3n) is 3.13. The van der Waals surface area contributed by atoms with Gasteiger partial charge < -0.3 is 5.32 Å². The molecule has 21 heavy (non-hydrogen) atoms. The summed E-state index contributed by atoms with van der Waals surface area (Å²) in [4.78, 5) is 15.8. The van der Waals surface area contributed by atoms with Crippen LogP contribution in [-0.4, -0.2) is 19.6 Å². The quantitative estimate of drug-likeness (QED) is 0.751. The van der Waals surface area contributed by atoms with Gasteiger partial charge in [-0.2, -0.15) is 10.4 Å². The molecule has 0 bridgehead atoms. The van der Waals surface area contributed by atoms with E-state index >= 15 is 0 Å². The molecule has 0 spiro atoms. The Hall–Kier alpha value is -3.14. The molecular formula is C14H12N6O. The standard InChI is InChI=1S/C14H12N6O/c1-9-17-12(6-13-18-19-14(21)20(9)13)16-8-11-4-2-10(7-15)3-5-11/h2-6,16H,8H2,1H3,(H,19,21). The van der Waals surface area contributed by atoms with Gasteiger partial charge in [0, 0.05) is 12.6 Å². The van der Waals surface area contributed by atoms with Crippen molar-refractivity contribution in [2.75, 3.05) is 5.32 Å². The molecule has 3 rings (SSSR count). The molecule has 2 heterocycles. The number of H-pyrrole nitrogens is 1. The highest BCUT2D eigenvalue weighted by atomic mass is 16.1. The third-order valence-corrected chi connectivity index (χ3v) is 3.13. The number of benzene rings is 1. The van der Waals surface area contributed by atoms with Crippen LogP contribution in [0, 0.1) is 18.3 Å². The van der Waals surface area contributed by atoms with Crippen LogP contribution in [0.3, 0.4) is 0 Å². The Morgan fingerprint density at radius 2 is 2.14 bits per heavy atom. The lowest BCUT2D eigenvalue weighted by Gasteiger charge is -2.07. The van der Waals surface area contributed by atoms with Crippen molar-refractivity contribution >= 4 is 11.5 Å². The predicted octanol–water partition coefficient (Wildman–Crippen LogP) is 1.21. The highest BCUT2D eigenvalue weighted by Crippen LogP contribution is 2.10. The number of aryl methyl sites for hydroxylation is 1. The molecule has 7 heteroatoms. The summed E-state index contributed by atoms with van der Waals surface area (Å²) in [6.07, 6.45) is 0. The van der Waals surface area contributed by atoms with E-state index in [0.29, 0.717) is 29.4 Å². The van der Waals surface area contributed by atoms with Crippen LogP contribution in [0.4, 0.5) is 5.82 Å². The van der Waals surface area contributed by atoms with Crippen LogP contribution in [0.5, 0.6) is 0 Å². The number of anilines is 1. The number of hydrogen-bond acceptors (Lipinski definition) is 5. The van der Waals surface area contributed by atoms with Crippen molar-refractivity contribution in [1.82, 2.24) is 19.6 Å². The van der Waals surface area contributed by atoms with Crippen molar-refractivity contribution in [2.45, 2.75) is 13.5 Å². The fraction of sp³-hybridized carbons (Fsp3) is 0.143. The lowest BCUT2D eigenvalue weighted by Crippen LogP contribution is -2.14. The fourth-order valence-electron chi connectivity index (χ4n) is 2.08. The predicted molar refractivity (Wildman–Crippen MR) is 76.8 cm³/mol. The Labute approximate surface area is 119 Å². The summed E-state index contributed by atoms with van der Waals surface area (Å²) in [5, 5.41) is 18.3. The molecular weight excluding hydrogens is 268 g/mol. The Kier molecular flexibility index (Phi) is 3.12. The zero-order valence-electron chi connectivity index (χ0n) is 11.3. The monoisotopic (exact) mass is 280 g/mol. The van der Waals surface area contributed by atoms with Gasteiger partial charge in [-0.25, -0.2) is 19.3 Å². The minimum absolute atomic E-state index is 0.298. The van der Waals surface area contributed by atoms with E-state index in [1.165, 1.54) is 4.40 Å². The van der Waals surface area contributed by atoms with Gasteiger partial charge in [0.25, 0.3) is 0 Å². The normalized spacial score (nSPS) is 10.5. The van der Waals surface area contributed by atoms with Gasteiger partial charge in [0.05, 0.1) is 11.6 Å². The van der Waals surface area contributed by atoms with Crippen LogP contribution in [0.2, 0.25) is 0 Å². The molecule has 0 atom stereocenters. The fourth-order valence-corrected chi connectivity index (χ4v) is 2.08. The molecule has 0 saturated carbocycles. The van der Waals surface area contributed by atoms with Gasteiger partial charge in [0.2, 0.25) is 0 Å². The number of rotatable bonds is 3. The maximum absolute atomic E-state index is 11.5. The highest BCUT2D eigenvalue weighted by molar-refractivity contribution is 5.50. The summed E-state index contributed by atoms with van der Waals surface area (Å²) < 4.78 is 1.41. The zero-order chi connectivity index (χ0) is 14.8. The molecule has 2 N–H and O–H groups in total. The van der Waals surface area contributed by atoms with Gasteiger partial charge >= 0.3 is 5.69 Å². The number of nitriles is 1. The summed E-state index contributed by atoms with van der Waals surface area (Å²) in [5.74, 6) is 1.21. The van der Waals surface area contributed by atoms with E-state index in [-0.39, 0.29) is 5.69 Å². The molecule has 1 aromatic carbocycles. The first kappa shape index (κ1) is 12.9. The third kappa shape index (κ3) is 2.47. The Bertz CT molecular complexity index is 884. The van der Waals surface area contributed by atoms with E-state index in [4.69, 9.17) is 5.26 Å². The molecule has 2 aromatic heterocycles. The van der Waals surface area contributed by atoms with Crippen molar-refractivity contribution < 1.29 is 0 Å². The largest absolute Gasteiger partial charge is 0.366 e. The van der Waals surface area contributed by atoms with Crippen molar-refractivity contribution in [3.63, 3.8) is 0 Å². The minimum atomic E-state index is -0.298. The molecule has 7 nitrogen and oxygen atoms in total. The van der Waals surface area contributed by atoms with Gasteiger partial charge in [-0.3, -0.25) is 0 Å². The second-order valence-corrected chi connectivity index (χ2v) is 4.57. The van der Waals surface area contributed by atoms with E-state index in [1.807, 2.05) is 12.1 Å². The Morgan fingerprint density at radius 3 is 2.86 bits per heavy atom. The van der Waals surface area contributed by atoms with Crippen LogP contribution in [0.1, 0.15) is 17.0 Å². The first-order chi connectivity index (χ1) is 10.2. The number of nitrogens with zero attached hydrogens (tertiary/aromatic N) is 4. The average molecular weight is 280 g/mol. The van der Waals surface area contributed by atoms with Crippen LogP contribution in [0.25, 0.3) is 5.65 Å². The minimum Gasteiger partial charge on any atom is -0.366 e. The van der Waals surface area contributed by atoms with Gasteiger partial charge in [-0.1, -0.05) is 12.1 Å². The average Bonchev–Trinajstić information content (AvgIpc) is 2.87. The van der Waals surface area contributed by atoms with E-state index in [9.17, 15) is 4.79 Å². The number of nitrogens with one attached hydrogen (secondary N) is 2. The second kappa shape index (κ2) is 5.09. The summed E-state index contributed by atoms with van der Waals surface area (Å²) in [6, 6.07) is 11.1. The number of fused-ring (bicyclic) bond motifs is 1. The van der Waals surface area contributed by atoms with Crippen molar-refractivity contribution in [3.05, 3.63) is 57.8 Å². The van der Waals surface area contributed by atoms with Gasteiger partial charge in [-0.15, -0.1) is 0 Å². The summed E-state index contributed by atoms with van der Waals surface area (Å²) >= 11 is 0. The van der Waals surface area contributed by atoms with Crippen molar-refractivity contribution in [3.8, 4) is 6.07 Å². The Balaban J connectivity index is 1.81. The van der Waals surface area contributed by atoms with Gasteiger partial charge in [0.1, 0.15) is 11.6 Å². The summed E-state index contributed by atoms with van der Waals surface area (Å²) in [5.41, 5.74) is 1.89. The molecule has 3 aromatic rings. The SMILES string of the molecule is Cc1nc(NCc2ccc(C#N)cc2)cc2n[nH]c(=O)n12. The highest BCUT2D eigenvalue weighted by Gasteiger charge is 2.06. The van der Waals surface area contributed by atoms with Crippen molar-refractivity contribution in [1.29, 1.82) is 5.26 Å². The van der Waals surface area contributed by atoms with Crippen LogP contribution in [-0.2, 0) is 6.54 Å². The molecule has 0 aliphatic carbocycles.